The minimum absolute atomic E-state index is 1.12. The maximum Gasteiger partial charge on any atom is 0.0485 e. The van der Waals surface area contributed by atoms with Crippen LogP contribution >= 0.6 is 0 Å². The first-order valence-corrected chi connectivity index (χ1v) is 5.71. The Morgan fingerprint density at radius 3 is 2.53 bits per heavy atom. The molecular formula is C14H19N. The molecule has 0 N–H and O–H groups in total. The van der Waals surface area contributed by atoms with Gasteiger partial charge in [0.05, 0.1) is 0 Å². The lowest BCUT2D eigenvalue weighted by molar-refractivity contribution is 0.684. The first-order valence-electron chi connectivity index (χ1n) is 5.71. The van der Waals surface area contributed by atoms with Crippen LogP contribution in [0, 0.1) is 20.8 Å². The van der Waals surface area contributed by atoms with Crippen LogP contribution in [0.1, 0.15) is 30.2 Å². The number of aromatic nitrogens is 1. The van der Waals surface area contributed by atoms with Crippen LogP contribution in [0.15, 0.2) is 18.2 Å². The highest BCUT2D eigenvalue weighted by Gasteiger charge is 2.09. The van der Waals surface area contributed by atoms with Crippen LogP contribution in [0.4, 0.5) is 0 Å². The first kappa shape index (κ1) is 10.3. The molecule has 0 radical (unpaired) electrons. The van der Waals surface area contributed by atoms with E-state index in [-0.39, 0.29) is 0 Å². The largest absolute Gasteiger partial charge is 0.345 e. The average molecular weight is 201 g/mol. The van der Waals surface area contributed by atoms with E-state index in [1.165, 1.54) is 34.1 Å². The number of nitrogens with zero attached hydrogens (tertiary/aromatic N) is 1. The van der Waals surface area contributed by atoms with Crippen molar-refractivity contribution in [1.29, 1.82) is 0 Å². The van der Waals surface area contributed by atoms with Crippen LogP contribution < -0.4 is 0 Å². The molecular weight excluding hydrogens is 182 g/mol. The van der Waals surface area contributed by atoms with Crippen LogP contribution in [-0.4, -0.2) is 4.57 Å². The SMILES string of the molecule is CCCn1c(C)c(C)c2cc(C)ccc21. The molecule has 0 fully saturated rings. The van der Waals surface area contributed by atoms with E-state index < -0.39 is 0 Å². The van der Waals surface area contributed by atoms with E-state index in [1.54, 1.807) is 0 Å². The van der Waals surface area contributed by atoms with Gasteiger partial charge in [-0.15, -0.1) is 0 Å². The van der Waals surface area contributed by atoms with E-state index in [2.05, 4.69) is 50.5 Å². The average Bonchev–Trinajstić information content (AvgIpc) is 2.44. The summed E-state index contributed by atoms with van der Waals surface area (Å²) >= 11 is 0. The predicted molar refractivity (Wildman–Crippen MR) is 66.4 cm³/mol. The highest BCUT2D eigenvalue weighted by Crippen LogP contribution is 2.26. The Bertz CT molecular complexity index is 491. The predicted octanol–water partition coefficient (Wildman–Crippen LogP) is 3.98. The van der Waals surface area contributed by atoms with Gasteiger partial charge in [-0.3, -0.25) is 0 Å². The standard InChI is InChI=1S/C14H19N/c1-5-8-15-12(4)11(3)13-9-10(2)6-7-14(13)15/h6-7,9H,5,8H2,1-4H3. The zero-order chi connectivity index (χ0) is 11.0. The summed E-state index contributed by atoms with van der Waals surface area (Å²) in [5.74, 6) is 0. The summed E-state index contributed by atoms with van der Waals surface area (Å²) in [5.41, 5.74) is 5.58. The second-order valence-corrected chi connectivity index (χ2v) is 4.38. The van der Waals surface area contributed by atoms with Gasteiger partial charge in [0.2, 0.25) is 0 Å². The molecule has 2 rings (SSSR count). The summed E-state index contributed by atoms with van der Waals surface area (Å²) < 4.78 is 2.43. The summed E-state index contributed by atoms with van der Waals surface area (Å²) in [6, 6.07) is 6.75. The molecule has 0 aliphatic rings. The van der Waals surface area contributed by atoms with Crippen molar-refractivity contribution in [3.05, 3.63) is 35.0 Å². The van der Waals surface area contributed by atoms with E-state index in [0.717, 1.165) is 6.54 Å². The van der Waals surface area contributed by atoms with E-state index in [1.807, 2.05) is 0 Å². The van der Waals surface area contributed by atoms with Crippen molar-refractivity contribution in [2.45, 2.75) is 40.7 Å². The van der Waals surface area contributed by atoms with Crippen molar-refractivity contribution in [2.24, 2.45) is 0 Å². The third-order valence-corrected chi connectivity index (χ3v) is 3.24. The Kier molecular flexibility index (Phi) is 2.56. The molecule has 1 heteroatoms. The lowest BCUT2D eigenvalue weighted by Crippen LogP contribution is -1.98. The monoisotopic (exact) mass is 201 g/mol. The van der Waals surface area contributed by atoms with E-state index in [0.29, 0.717) is 0 Å². The third-order valence-electron chi connectivity index (χ3n) is 3.24. The molecule has 80 valence electrons. The lowest BCUT2D eigenvalue weighted by atomic mass is 10.1. The Labute approximate surface area is 91.7 Å². The Morgan fingerprint density at radius 1 is 1.13 bits per heavy atom. The first-order chi connectivity index (χ1) is 7.15. The number of rotatable bonds is 2. The van der Waals surface area contributed by atoms with Crippen molar-refractivity contribution in [2.75, 3.05) is 0 Å². The minimum Gasteiger partial charge on any atom is -0.345 e. The second kappa shape index (κ2) is 3.73. The van der Waals surface area contributed by atoms with Gasteiger partial charge in [0, 0.05) is 23.1 Å². The molecule has 1 aromatic heterocycles. The van der Waals surface area contributed by atoms with Crippen molar-refractivity contribution >= 4 is 10.9 Å². The molecule has 0 amide bonds. The van der Waals surface area contributed by atoms with Crippen LogP contribution in [0.5, 0.6) is 0 Å². The normalized spacial score (nSPS) is 11.2. The third kappa shape index (κ3) is 1.56. The zero-order valence-corrected chi connectivity index (χ0v) is 10.1. The second-order valence-electron chi connectivity index (χ2n) is 4.38. The van der Waals surface area contributed by atoms with Crippen LogP contribution in [0.2, 0.25) is 0 Å². The number of hydrogen-bond acceptors (Lipinski definition) is 0. The molecule has 0 saturated heterocycles. The summed E-state index contributed by atoms with van der Waals surface area (Å²) in [5, 5.41) is 1.42. The lowest BCUT2D eigenvalue weighted by Gasteiger charge is -2.06. The highest BCUT2D eigenvalue weighted by atomic mass is 15.0. The Balaban J connectivity index is 2.75. The van der Waals surface area contributed by atoms with Gasteiger partial charge in [-0.05, 0) is 44.9 Å². The molecule has 1 heterocycles. The fourth-order valence-electron chi connectivity index (χ4n) is 2.28. The molecule has 0 saturated carbocycles. The molecule has 0 aliphatic heterocycles. The van der Waals surface area contributed by atoms with E-state index in [4.69, 9.17) is 0 Å². The van der Waals surface area contributed by atoms with Crippen molar-refractivity contribution < 1.29 is 0 Å². The zero-order valence-electron chi connectivity index (χ0n) is 10.1. The van der Waals surface area contributed by atoms with Crippen molar-refractivity contribution in [3.8, 4) is 0 Å². The van der Waals surface area contributed by atoms with Gasteiger partial charge in [0.25, 0.3) is 0 Å². The molecule has 2 aromatic rings. The maximum atomic E-state index is 2.43. The van der Waals surface area contributed by atoms with Gasteiger partial charge in [-0.2, -0.15) is 0 Å². The molecule has 0 aliphatic carbocycles. The molecule has 15 heavy (non-hydrogen) atoms. The summed E-state index contributed by atoms with van der Waals surface area (Å²) in [6.45, 7) is 9.96. The van der Waals surface area contributed by atoms with Crippen LogP contribution in [-0.2, 0) is 6.54 Å². The number of fused-ring (bicyclic) bond motifs is 1. The number of benzene rings is 1. The van der Waals surface area contributed by atoms with Crippen LogP contribution in [0.25, 0.3) is 10.9 Å². The summed E-state index contributed by atoms with van der Waals surface area (Å²) in [4.78, 5) is 0. The van der Waals surface area contributed by atoms with Gasteiger partial charge >= 0.3 is 0 Å². The molecule has 0 unspecified atom stereocenters. The number of hydrogen-bond donors (Lipinski definition) is 0. The molecule has 1 aromatic carbocycles. The van der Waals surface area contributed by atoms with Gasteiger partial charge in [0.1, 0.15) is 0 Å². The van der Waals surface area contributed by atoms with Gasteiger partial charge in [-0.25, -0.2) is 0 Å². The van der Waals surface area contributed by atoms with Gasteiger partial charge in [0.15, 0.2) is 0 Å². The number of aryl methyl sites for hydroxylation is 3. The quantitative estimate of drug-likeness (QED) is 0.692. The molecule has 0 spiro atoms. The summed E-state index contributed by atoms with van der Waals surface area (Å²) in [7, 11) is 0. The molecule has 0 atom stereocenters. The fraction of sp³-hybridized carbons (Fsp3) is 0.429. The van der Waals surface area contributed by atoms with Gasteiger partial charge in [-0.1, -0.05) is 18.6 Å². The molecule has 1 nitrogen and oxygen atoms in total. The van der Waals surface area contributed by atoms with Crippen molar-refractivity contribution in [1.82, 2.24) is 4.57 Å². The fourth-order valence-corrected chi connectivity index (χ4v) is 2.28. The summed E-state index contributed by atoms with van der Waals surface area (Å²) in [6.07, 6.45) is 1.19. The maximum absolute atomic E-state index is 2.43. The molecule has 0 bridgehead atoms. The van der Waals surface area contributed by atoms with Crippen molar-refractivity contribution in [3.63, 3.8) is 0 Å². The van der Waals surface area contributed by atoms with E-state index in [9.17, 15) is 0 Å². The van der Waals surface area contributed by atoms with Gasteiger partial charge < -0.3 is 4.57 Å². The minimum atomic E-state index is 1.12. The van der Waals surface area contributed by atoms with E-state index >= 15 is 0 Å². The highest BCUT2D eigenvalue weighted by molar-refractivity contribution is 5.85. The smallest absolute Gasteiger partial charge is 0.0485 e. The van der Waals surface area contributed by atoms with Crippen LogP contribution in [0.3, 0.4) is 0 Å². The Hall–Kier alpha value is -1.24. The topological polar surface area (TPSA) is 4.93 Å². The Morgan fingerprint density at radius 2 is 1.87 bits per heavy atom.